The molecule has 0 saturated heterocycles. The summed E-state index contributed by atoms with van der Waals surface area (Å²) in [6.45, 7) is 2.03. The molecule has 0 aromatic heterocycles. The largest absolute Gasteiger partial charge is 0.271 e. The predicted octanol–water partition coefficient (Wildman–Crippen LogP) is 3.19. The first kappa shape index (κ1) is 14.0. The first-order chi connectivity index (χ1) is 8.10. The van der Waals surface area contributed by atoms with E-state index >= 15 is 0 Å². The van der Waals surface area contributed by atoms with Crippen molar-refractivity contribution in [3.63, 3.8) is 0 Å². The van der Waals surface area contributed by atoms with E-state index in [0.29, 0.717) is 18.6 Å². The minimum atomic E-state index is -0.923. The Labute approximate surface area is 99.0 Å². The third kappa shape index (κ3) is 3.71. The molecule has 2 nitrogen and oxygen atoms in total. The number of nitrogens with one attached hydrogen (secondary N) is 1. The number of halogens is 3. The van der Waals surface area contributed by atoms with Crippen molar-refractivity contribution in [1.29, 1.82) is 0 Å². The number of benzene rings is 1. The molecule has 96 valence electrons. The van der Waals surface area contributed by atoms with Crippen LogP contribution in [0.25, 0.3) is 0 Å². The van der Waals surface area contributed by atoms with E-state index < -0.39 is 23.5 Å². The maximum Gasteiger partial charge on any atom is 0.133 e. The first-order valence-electron chi connectivity index (χ1n) is 5.70. The van der Waals surface area contributed by atoms with Crippen LogP contribution in [0.3, 0.4) is 0 Å². The number of hydrogen-bond donors (Lipinski definition) is 2. The van der Waals surface area contributed by atoms with E-state index in [1.54, 1.807) is 0 Å². The maximum atomic E-state index is 13.5. The molecule has 1 rings (SSSR count). The molecule has 0 bridgehead atoms. The van der Waals surface area contributed by atoms with Gasteiger partial charge in [0.2, 0.25) is 0 Å². The molecule has 1 aromatic carbocycles. The van der Waals surface area contributed by atoms with Gasteiger partial charge >= 0.3 is 0 Å². The van der Waals surface area contributed by atoms with Gasteiger partial charge in [0.05, 0.1) is 6.04 Å². The first-order valence-corrected chi connectivity index (χ1v) is 5.70. The summed E-state index contributed by atoms with van der Waals surface area (Å²) in [5.41, 5.74) is 2.19. The average molecular weight is 246 g/mol. The van der Waals surface area contributed by atoms with Gasteiger partial charge in [0.1, 0.15) is 17.5 Å². The highest BCUT2D eigenvalue weighted by molar-refractivity contribution is 5.24. The summed E-state index contributed by atoms with van der Waals surface area (Å²) in [6, 6.07) is 0.715. The fourth-order valence-corrected chi connectivity index (χ4v) is 1.80. The zero-order chi connectivity index (χ0) is 12.8. The van der Waals surface area contributed by atoms with Crippen molar-refractivity contribution in [2.24, 2.45) is 5.84 Å². The standard InChI is InChI=1S/C12H17F3N2/c1-2-3-4-5-11(17-16)12-9(14)6-8(13)7-10(12)15/h6-7,11,17H,2-5,16H2,1H3. The van der Waals surface area contributed by atoms with Gasteiger partial charge < -0.3 is 0 Å². The zero-order valence-corrected chi connectivity index (χ0v) is 9.77. The van der Waals surface area contributed by atoms with Crippen LogP contribution in [0.5, 0.6) is 0 Å². The molecule has 0 aliphatic rings. The van der Waals surface area contributed by atoms with Gasteiger partial charge in [0, 0.05) is 17.7 Å². The summed E-state index contributed by atoms with van der Waals surface area (Å²) in [6.07, 6.45) is 3.29. The number of hydrogen-bond acceptors (Lipinski definition) is 2. The van der Waals surface area contributed by atoms with Gasteiger partial charge in [-0.05, 0) is 6.42 Å². The Morgan fingerprint density at radius 1 is 1.18 bits per heavy atom. The molecule has 0 amide bonds. The minimum absolute atomic E-state index is 0.190. The molecule has 5 heteroatoms. The lowest BCUT2D eigenvalue weighted by molar-refractivity contribution is 0.432. The molecule has 1 unspecified atom stereocenters. The van der Waals surface area contributed by atoms with E-state index in [2.05, 4.69) is 5.43 Å². The molecule has 3 N–H and O–H groups in total. The monoisotopic (exact) mass is 246 g/mol. The van der Waals surface area contributed by atoms with E-state index in [1.165, 1.54) is 0 Å². The molecule has 1 aromatic rings. The quantitative estimate of drug-likeness (QED) is 0.459. The number of unbranched alkanes of at least 4 members (excludes halogenated alkanes) is 2. The molecule has 0 fully saturated rings. The van der Waals surface area contributed by atoms with Gasteiger partial charge in [-0.1, -0.05) is 26.2 Å². The van der Waals surface area contributed by atoms with E-state index in [1.807, 2.05) is 6.92 Å². The molecule has 0 radical (unpaired) electrons. The van der Waals surface area contributed by atoms with Crippen molar-refractivity contribution in [3.8, 4) is 0 Å². The van der Waals surface area contributed by atoms with Crippen molar-refractivity contribution in [1.82, 2.24) is 5.43 Å². The third-order valence-electron chi connectivity index (χ3n) is 2.69. The van der Waals surface area contributed by atoms with E-state index in [-0.39, 0.29) is 5.56 Å². The van der Waals surface area contributed by atoms with Crippen LogP contribution in [-0.2, 0) is 0 Å². The molecular weight excluding hydrogens is 229 g/mol. The minimum Gasteiger partial charge on any atom is -0.271 e. The average Bonchev–Trinajstić information content (AvgIpc) is 2.25. The third-order valence-corrected chi connectivity index (χ3v) is 2.69. The highest BCUT2D eigenvalue weighted by Gasteiger charge is 2.19. The van der Waals surface area contributed by atoms with Crippen LogP contribution in [0, 0.1) is 17.5 Å². The van der Waals surface area contributed by atoms with Crippen molar-refractivity contribution < 1.29 is 13.2 Å². The van der Waals surface area contributed by atoms with E-state index in [9.17, 15) is 13.2 Å². The highest BCUT2D eigenvalue weighted by atomic mass is 19.1. The normalized spacial score (nSPS) is 12.8. The lowest BCUT2D eigenvalue weighted by atomic mass is 10.00. The van der Waals surface area contributed by atoms with Gasteiger partial charge in [-0.3, -0.25) is 11.3 Å². The lowest BCUT2D eigenvalue weighted by Crippen LogP contribution is -2.29. The molecule has 0 heterocycles. The van der Waals surface area contributed by atoms with Crippen LogP contribution in [0.1, 0.15) is 44.2 Å². The van der Waals surface area contributed by atoms with Crippen molar-refractivity contribution in [3.05, 3.63) is 35.1 Å². The Morgan fingerprint density at radius 3 is 2.24 bits per heavy atom. The maximum absolute atomic E-state index is 13.5. The Hall–Kier alpha value is -1.07. The van der Waals surface area contributed by atoms with E-state index in [0.717, 1.165) is 19.3 Å². The second-order valence-electron chi connectivity index (χ2n) is 4.00. The molecule has 17 heavy (non-hydrogen) atoms. The summed E-state index contributed by atoms with van der Waals surface area (Å²) in [4.78, 5) is 0. The molecule has 0 spiro atoms. The molecule has 1 atom stereocenters. The van der Waals surface area contributed by atoms with Gasteiger partial charge in [0.25, 0.3) is 0 Å². The summed E-state index contributed by atoms with van der Waals surface area (Å²) in [5, 5.41) is 0. The fourth-order valence-electron chi connectivity index (χ4n) is 1.80. The van der Waals surface area contributed by atoms with Gasteiger partial charge in [-0.25, -0.2) is 13.2 Å². The summed E-state index contributed by atoms with van der Waals surface area (Å²) >= 11 is 0. The Bertz CT molecular complexity index is 346. The Morgan fingerprint density at radius 2 is 1.76 bits per heavy atom. The van der Waals surface area contributed by atoms with Crippen molar-refractivity contribution >= 4 is 0 Å². The second-order valence-corrected chi connectivity index (χ2v) is 4.00. The number of hydrazine groups is 1. The van der Waals surface area contributed by atoms with Crippen molar-refractivity contribution in [2.75, 3.05) is 0 Å². The second kappa shape index (κ2) is 6.61. The lowest BCUT2D eigenvalue weighted by Gasteiger charge is -2.17. The highest BCUT2D eigenvalue weighted by Crippen LogP contribution is 2.25. The van der Waals surface area contributed by atoms with Crippen LogP contribution in [0.2, 0.25) is 0 Å². The number of nitrogens with two attached hydrogens (primary N) is 1. The van der Waals surface area contributed by atoms with E-state index in [4.69, 9.17) is 5.84 Å². The van der Waals surface area contributed by atoms with Crippen LogP contribution in [0.15, 0.2) is 12.1 Å². The fraction of sp³-hybridized carbons (Fsp3) is 0.500. The summed E-state index contributed by atoms with van der Waals surface area (Å²) < 4.78 is 39.7. The predicted molar refractivity (Wildman–Crippen MR) is 60.5 cm³/mol. The molecule has 0 saturated carbocycles. The molecule has 0 aliphatic heterocycles. The van der Waals surface area contributed by atoms with Crippen molar-refractivity contribution in [2.45, 2.75) is 38.6 Å². The van der Waals surface area contributed by atoms with Crippen LogP contribution in [0.4, 0.5) is 13.2 Å². The number of rotatable bonds is 6. The summed E-state index contributed by atoms with van der Waals surface area (Å²) in [7, 11) is 0. The Balaban J connectivity index is 2.87. The van der Waals surface area contributed by atoms with Crippen LogP contribution in [-0.4, -0.2) is 0 Å². The van der Waals surface area contributed by atoms with Gasteiger partial charge in [-0.15, -0.1) is 0 Å². The zero-order valence-electron chi connectivity index (χ0n) is 9.77. The smallest absolute Gasteiger partial charge is 0.133 e. The van der Waals surface area contributed by atoms with Crippen LogP contribution < -0.4 is 11.3 Å². The van der Waals surface area contributed by atoms with Crippen LogP contribution >= 0.6 is 0 Å². The van der Waals surface area contributed by atoms with Gasteiger partial charge in [-0.2, -0.15) is 0 Å². The van der Waals surface area contributed by atoms with Gasteiger partial charge in [0.15, 0.2) is 0 Å². The molecule has 0 aliphatic carbocycles. The topological polar surface area (TPSA) is 38.0 Å². The SMILES string of the molecule is CCCCCC(NN)c1c(F)cc(F)cc1F. The molecular formula is C12H17F3N2. The summed E-state index contributed by atoms with van der Waals surface area (Å²) in [5.74, 6) is 2.56. The Kier molecular flexibility index (Phi) is 5.44.